The van der Waals surface area contributed by atoms with Crippen molar-refractivity contribution in [1.29, 1.82) is 0 Å². The van der Waals surface area contributed by atoms with Crippen molar-refractivity contribution in [2.24, 2.45) is 0 Å². The number of hydrogen-bond donors (Lipinski definition) is 0. The molecule has 0 saturated carbocycles. The largest absolute Gasteiger partial charge is 1.00 e. The van der Waals surface area contributed by atoms with Crippen molar-refractivity contribution in [1.82, 2.24) is 0 Å². The van der Waals surface area contributed by atoms with E-state index in [9.17, 15) is 0 Å². The Bertz CT molecular complexity index is 372. The highest BCUT2D eigenvalue weighted by molar-refractivity contribution is 7.07. The van der Waals surface area contributed by atoms with Crippen LogP contribution in [0.2, 0.25) is 0 Å². The summed E-state index contributed by atoms with van der Waals surface area (Å²) < 4.78 is 7.90. The third-order valence-corrected chi connectivity index (χ3v) is 5.83. The van der Waals surface area contributed by atoms with E-state index < -0.39 is 0 Å². The number of ether oxygens (including phenoxy) is 1. The number of thiazole rings is 1. The molecule has 1 heterocycles. The number of hydrogen-bond acceptors (Lipinski definition) is 2. The van der Waals surface area contributed by atoms with Crippen LogP contribution >= 0.6 is 11.3 Å². The Morgan fingerprint density at radius 1 is 0.667 bits per heavy atom. The second kappa shape index (κ2) is 22.6. The molecule has 4 heteroatoms. The van der Waals surface area contributed by atoms with Crippen molar-refractivity contribution in [3.05, 3.63) is 17.1 Å². The lowest BCUT2D eigenvalue weighted by atomic mass is 10.0. The fraction of sp³-hybridized carbons (Fsp3) is 0.870. The van der Waals surface area contributed by atoms with Gasteiger partial charge in [-0.05, 0) is 6.42 Å². The molecule has 0 unspecified atom stereocenters. The van der Waals surface area contributed by atoms with Crippen LogP contribution in [-0.2, 0) is 11.3 Å². The monoisotopic (exact) mass is 509 g/mol. The molecule has 0 aliphatic heterocycles. The Labute approximate surface area is 190 Å². The molecule has 0 spiro atoms. The third kappa shape index (κ3) is 19.4. The van der Waals surface area contributed by atoms with Crippen molar-refractivity contribution in [3.8, 4) is 0 Å². The topological polar surface area (TPSA) is 13.1 Å². The van der Waals surface area contributed by atoms with Crippen LogP contribution in [0.5, 0.6) is 0 Å². The maximum Gasteiger partial charge on any atom is 0.224 e. The van der Waals surface area contributed by atoms with E-state index >= 15 is 0 Å². The molecule has 0 fully saturated rings. The summed E-state index contributed by atoms with van der Waals surface area (Å²) in [6.45, 7) is 5.06. The molecule has 27 heavy (non-hydrogen) atoms. The van der Waals surface area contributed by atoms with Crippen LogP contribution in [0, 0.1) is 0 Å². The molecule has 2 nitrogen and oxygen atoms in total. The third-order valence-electron chi connectivity index (χ3n) is 5.16. The zero-order valence-corrected chi connectivity index (χ0v) is 20.8. The minimum atomic E-state index is 0. The lowest BCUT2D eigenvalue weighted by Crippen LogP contribution is -3.00. The highest BCUT2D eigenvalue weighted by atomic mass is 127. The Balaban J connectivity index is 0.00000676. The molecule has 1 aromatic rings. The van der Waals surface area contributed by atoms with Gasteiger partial charge in [0.2, 0.25) is 5.51 Å². The van der Waals surface area contributed by atoms with Gasteiger partial charge in [-0.25, -0.2) is 0 Å². The van der Waals surface area contributed by atoms with Gasteiger partial charge < -0.3 is 28.7 Å². The summed E-state index contributed by atoms with van der Waals surface area (Å²) in [6.07, 6.45) is 24.9. The van der Waals surface area contributed by atoms with Crippen LogP contribution in [0.3, 0.4) is 0 Å². The molecule has 0 amide bonds. The quantitative estimate of drug-likeness (QED) is 0.145. The summed E-state index contributed by atoms with van der Waals surface area (Å²) >= 11 is 1.74. The van der Waals surface area contributed by atoms with Crippen LogP contribution in [0.25, 0.3) is 0 Å². The first-order chi connectivity index (χ1) is 12.9. The fourth-order valence-electron chi connectivity index (χ4n) is 3.41. The van der Waals surface area contributed by atoms with Crippen LogP contribution < -0.4 is 28.5 Å². The van der Waals surface area contributed by atoms with Gasteiger partial charge in [0.1, 0.15) is 6.61 Å². The molecule has 0 saturated heterocycles. The number of aromatic nitrogens is 1. The van der Waals surface area contributed by atoms with E-state index in [4.69, 9.17) is 4.74 Å². The minimum Gasteiger partial charge on any atom is -1.00 e. The molecule has 0 atom stereocenters. The normalized spacial score (nSPS) is 10.9. The fourth-order valence-corrected chi connectivity index (χ4v) is 4.04. The first-order valence-corrected chi connectivity index (χ1v) is 12.4. The number of nitrogens with zero attached hydrogens (tertiary/aromatic N) is 1. The van der Waals surface area contributed by atoms with Crippen molar-refractivity contribution < 1.29 is 33.3 Å². The van der Waals surface area contributed by atoms with Gasteiger partial charge in [-0.15, -0.1) is 0 Å². The lowest BCUT2D eigenvalue weighted by molar-refractivity contribution is -0.693. The molecular weight excluding hydrogens is 465 g/mol. The maximum atomic E-state index is 5.71. The number of unbranched alkanes of at least 4 members (excludes halogenated alkanes) is 15. The van der Waals surface area contributed by atoms with E-state index in [-0.39, 0.29) is 24.0 Å². The molecule has 160 valence electrons. The smallest absolute Gasteiger partial charge is 0.224 e. The zero-order chi connectivity index (χ0) is 18.5. The standard InChI is InChI=1S/C23H44NOS.HI/c1-2-3-4-5-6-7-8-9-10-11-12-13-14-15-16-17-20-25-21-18-24-19-22-26-23-24;/h19,22-23H,2-18,20-21H2,1H3;1H/q+1;/p-1. The van der Waals surface area contributed by atoms with Crippen LogP contribution in [0.15, 0.2) is 17.1 Å². The predicted octanol–water partition coefficient (Wildman–Crippen LogP) is 4.32. The molecule has 1 rings (SSSR count). The van der Waals surface area contributed by atoms with Crippen molar-refractivity contribution in [2.45, 2.75) is 116 Å². The Kier molecular flexibility index (Phi) is 22.9. The van der Waals surface area contributed by atoms with E-state index in [2.05, 4.69) is 28.6 Å². The zero-order valence-electron chi connectivity index (χ0n) is 17.8. The SMILES string of the molecule is CCCCCCCCCCCCCCCCCCOCC[n+]1ccsc1.[I-]. The summed E-state index contributed by atoms with van der Waals surface area (Å²) in [5.74, 6) is 0. The van der Waals surface area contributed by atoms with Crippen LogP contribution in [0.1, 0.15) is 110 Å². The van der Waals surface area contributed by atoms with Crippen molar-refractivity contribution >= 4 is 11.3 Å². The van der Waals surface area contributed by atoms with E-state index in [0.29, 0.717) is 0 Å². The van der Waals surface area contributed by atoms with Crippen molar-refractivity contribution in [3.63, 3.8) is 0 Å². The summed E-state index contributed by atoms with van der Waals surface area (Å²) in [5.41, 5.74) is 2.14. The van der Waals surface area contributed by atoms with Gasteiger partial charge in [0, 0.05) is 6.61 Å². The molecule has 0 aliphatic carbocycles. The average Bonchev–Trinajstić information content (AvgIpc) is 3.17. The Morgan fingerprint density at radius 2 is 1.15 bits per heavy atom. The van der Waals surface area contributed by atoms with Crippen molar-refractivity contribution in [2.75, 3.05) is 13.2 Å². The molecule has 0 radical (unpaired) electrons. The highest BCUT2D eigenvalue weighted by Crippen LogP contribution is 2.13. The molecular formula is C23H44INOS. The van der Waals surface area contributed by atoms with E-state index in [1.807, 2.05) is 0 Å². The first kappa shape index (κ1) is 27.3. The van der Waals surface area contributed by atoms with E-state index in [1.54, 1.807) is 11.3 Å². The molecule has 1 aromatic heterocycles. The van der Waals surface area contributed by atoms with Gasteiger partial charge in [-0.1, -0.05) is 115 Å². The van der Waals surface area contributed by atoms with Gasteiger partial charge in [-0.3, -0.25) is 0 Å². The second-order valence-electron chi connectivity index (χ2n) is 7.68. The minimum absolute atomic E-state index is 0. The van der Waals surface area contributed by atoms with Gasteiger partial charge in [0.25, 0.3) is 0 Å². The summed E-state index contributed by atoms with van der Waals surface area (Å²) in [6, 6.07) is 0. The highest BCUT2D eigenvalue weighted by Gasteiger charge is 1.99. The summed E-state index contributed by atoms with van der Waals surface area (Å²) in [7, 11) is 0. The lowest BCUT2D eigenvalue weighted by Gasteiger charge is -2.04. The Hall–Kier alpha value is 0.320. The second-order valence-corrected chi connectivity index (χ2v) is 8.44. The maximum absolute atomic E-state index is 5.71. The first-order valence-electron chi connectivity index (χ1n) is 11.4. The molecule has 0 N–H and O–H groups in total. The number of halogens is 1. The predicted molar refractivity (Wildman–Crippen MR) is 115 cm³/mol. The van der Waals surface area contributed by atoms with Gasteiger partial charge in [-0.2, -0.15) is 4.57 Å². The van der Waals surface area contributed by atoms with Crippen LogP contribution in [-0.4, -0.2) is 13.2 Å². The van der Waals surface area contributed by atoms with E-state index in [1.165, 1.54) is 103 Å². The van der Waals surface area contributed by atoms with Gasteiger partial charge in [0.15, 0.2) is 12.7 Å². The summed E-state index contributed by atoms with van der Waals surface area (Å²) in [5, 5.41) is 2.11. The Morgan fingerprint density at radius 3 is 1.59 bits per heavy atom. The van der Waals surface area contributed by atoms with Gasteiger partial charge >= 0.3 is 0 Å². The molecule has 0 aromatic carbocycles. The van der Waals surface area contributed by atoms with Gasteiger partial charge in [0.05, 0.1) is 5.38 Å². The molecule has 0 bridgehead atoms. The van der Waals surface area contributed by atoms with Crippen LogP contribution in [0.4, 0.5) is 0 Å². The van der Waals surface area contributed by atoms with E-state index in [0.717, 1.165) is 19.8 Å². The molecule has 0 aliphatic rings. The number of rotatable bonds is 20. The summed E-state index contributed by atoms with van der Waals surface area (Å²) in [4.78, 5) is 0. The average molecular weight is 510 g/mol.